The van der Waals surface area contributed by atoms with Crippen LogP contribution in [0.1, 0.15) is 10.4 Å². The lowest BCUT2D eigenvalue weighted by atomic mass is 9.96. The minimum Gasteiger partial charge on any atom is -0.494 e. The molecule has 2 aliphatic rings. The summed E-state index contributed by atoms with van der Waals surface area (Å²) in [7, 11) is 1.24. The summed E-state index contributed by atoms with van der Waals surface area (Å²) < 4.78 is 38.2. The van der Waals surface area contributed by atoms with Gasteiger partial charge in [0.25, 0.3) is 5.91 Å². The van der Waals surface area contributed by atoms with Crippen molar-refractivity contribution in [2.45, 2.75) is 0 Å². The van der Waals surface area contributed by atoms with Crippen LogP contribution >= 0.6 is 0 Å². The van der Waals surface area contributed by atoms with Crippen LogP contribution in [0, 0.1) is 23.5 Å². The maximum absolute atomic E-state index is 14.2. The zero-order valence-corrected chi connectivity index (χ0v) is 14.8. The number of carbonyl (C=O) groups excluding carboxylic acids is 1. The van der Waals surface area contributed by atoms with Gasteiger partial charge in [-0.1, -0.05) is 0 Å². The molecule has 3 rings (SSSR count). The molecule has 144 valence electrons. The Morgan fingerprint density at radius 2 is 1.92 bits per heavy atom. The number of ether oxygens (including phenoxy) is 2. The van der Waals surface area contributed by atoms with Gasteiger partial charge in [0.05, 0.1) is 25.9 Å². The molecular weight excluding hydrogens is 346 g/mol. The van der Waals surface area contributed by atoms with Crippen LogP contribution < -0.4 is 4.74 Å². The van der Waals surface area contributed by atoms with Crippen LogP contribution in [0.5, 0.6) is 5.75 Å². The van der Waals surface area contributed by atoms with Gasteiger partial charge in [-0.05, 0) is 18.1 Å². The number of amides is 1. The van der Waals surface area contributed by atoms with E-state index in [1.54, 1.807) is 0 Å². The van der Waals surface area contributed by atoms with Gasteiger partial charge in [-0.15, -0.1) is 0 Å². The van der Waals surface area contributed by atoms with Gasteiger partial charge >= 0.3 is 0 Å². The van der Waals surface area contributed by atoms with E-state index in [0.29, 0.717) is 26.3 Å². The summed E-state index contributed by atoms with van der Waals surface area (Å²) in [6, 6.07) is 2.49. The van der Waals surface area contributed by atoms with Crippen LogP contribution in [0.4, 0.5) is 8.78 Å². The molecule has 0 aliphatic carbocycles. The molecule has 1 aromatic carbocycles. The summed E-state index contributed by atoms with van der Waals surface area (Å²) in [6.07, 6.45) is 0. The van der Waals surface area contributed by atoms with E-state index in [4.69, 9.17) is 9.47 Å². The third-order valence-electron chi connectivity index (χ3n) is 5.19. The van der Waals surface area contributed by atoms with Gasteiger partial charge in [0.2, 0.25) is 5.82 Å². The van der Waals surface area contributed by atoms with Gasteiger partial charge in [-0.25, -0.2) is 4.39 Å². The first-order valence-electron chi connectivity index (χ1n) is 8.77. The summed E-state index contributed by atoms with van der Waals surface area (Å²) >= 11 is 0. The molecule has 2 saturated heterocycles. The standard InChI is InChI=1S/C18H24F2N2O4/c1-25-15-3-2-14(16(19)17(15)20)18(24)22-9-12(13(10-22)11-23)8-21-4-6-26-7-5-21/h2-3,12-13,23H,4-11H2,1H3/t12-,13-/m1/s1. The lowest BCUT2D eigenvalue weighted by Crippen LogP contribution is -2.41. The van der Waals surface area contributed by atoms with Crippen molar-refractivity contribution < 1.29 is 28.2 Å². The van der Waals surface area contributed by atoms with Gasteiger partial charge in [0.15, 0.2) is 11.6 Å². The Hall–Kier alpha value is -1.77. The zero-order chi connectivity index (χ0) is 18.7. The van der Waals surface area contributed by atoms with Crippen LogP contribution in [0.2, 0.25) is 0 Å². The smallest absolute Gasteiger partial charge is 0.256 e. The van der Waals surface area contributed by atoms with E-state index in [1.807, 2.05) is 0 Å². The number of aliphatic hydroxyl groups excluding tert-OH is 1. The van der Waals surface area contributed by atoms with Crippen molar-refractivity contribution in [3.05, 3.63) is 29.3 Å². The molecule has 6 nitrogen and oxygen atoms in total. The Morgan fingerprint density at radius 1 is 1.23 bits per heavy atom. The van der Waals surface area contributed by atoms with E-state index < -0.39 is 17.5 Å². The highest BCUT2D eigenvalue weighted by molar-refractivity contribution is 5.95. The summed E-state index contributed by atoms with van der Waals surface area (Å²) in [5.74, 6) is -3.15. The van der Waals surface area contributed by atoms with Crippen molar-refractivity contribution in [3.63, 3.8) is 0 Å². The number of nitrogens with zero attached hydrogens (tertiary/aromatic N) is 2. The molecule has 2 atom stereocenters. The van der Waals surface area contributed by atoms with Crippen molar-refractivity contribution in [1.29, 1.82) is 0 Å². The van der Waals surface area contributed by atoms with Crippen molar-refractivity contribution in [2.24, 2.45) is 11.8 Å². The third-order valence-corrected chi connectivity index (χ3v) is 5.19. The highest BCUT2D eigenvalue weighted by Gasteiger charge is 2.37. The fraction of sp³-hybridized carbons (Fsp3) is 0.611. The molecule has 2 aliphatic heterocycles. The minimum absolute atomic E-state index is 0.0434. The fourth-order valence-corrected chi connectivity index (χ4v) is 3.66. The normalized spacial score (nSPS) is 24.1. The highest BCUT2D eigenvalue weighted by Crippen LogP contribution is 2.28. The van der Waals surface area contributed by atoms with Crippen LogP contribution in [0.3, 0.4) is 0 Å². The van der Waals surface area contributed by atoms with Crippen LogP contribution in [-0.2, 0) is 4.74 Å². The topological polar surface area (TPSA) is 62.2 Å². The van der Waals surface area contributed by atoms with E-state index in [9.17, 15) is 18.7 Å². The van der Waals surface area contributed by atoms with Gasteiger partial charge in [-0.3, -0.25) is 9.69 Å². The van der Waals surface area contributed by atoms with Gasteiger partial charge < -0.3 is 19.5 Å². The Balaban J connectivity index is 1.71. The van der Waals surface area contributed by atoms with Gasteiger partial charge in [-0.2, -0.15) is 4.39 Å². The first-order chi connectivity index (χ1) is 12.5. The maximum atomic E-state index is 14.2. The molecule has 1 amide bonds. The number of aliphatic hydroxyl groups is 1. The molecular formula is C18H24F2N2O4. The Kier molecular flexibility index (Phi) is 6.05. The monoisotopic (exact) mass is 370 g/mol. The van der Waals surface area contributed by atoms with E-state index >= 15 is 0 Å². The SMILES string of the molecule is COc1ccc(C(=O)N2C[C@@H](CN3CCOCC3)[C@@H](CO)C2)c(F)c1F. The molecule has 2 heterocycles. The molecule has 8 heteroatoms. The number of rotatable bonds is 5. The zero-order valence-electron chi connectivity index (χ0n) is 14.8. The number of hydrogen-bond acceptors (Lipinski definition) is 5. The molecule has 0 bridgehead atoms. The number of likely N-dealkylation sites (tertiary alicyclic amines) is 1. The number of methoxy groups -OCH3 is 1. The van der Waals surface area contributed by atoms with Crippen molar-refractivity contribution in [1.82, 2.24) is 9.80 Å². The van der Waals surface area contributed by atoms with E-state index in [0.717, 1.165) is 19.6 Å². The summed E-state index contributed by atoms with van der Waals surface area (Å²) in [6.45, 7) is 4.44. The predicted octanol–water partition coefficient (Wildman–Crippen LogP) is 0.986. The summed E-state index contributed by atoms with van der Waals surface area (Å²) in [5.41, 5.74) is -0.313. The number of carbonyl (C=O) groups is 1. The second-order valence-corrected chi connectivity index (χ2v) is 6.77. The predicted molar refractivity (Wildman–Crippen MR) is 90.1 cm³/mol. The number of morpholine rings is 1. The molecule has 0 radical (unpaired) electrons. The number of hydrogen-bond donors (Lipinski definition) is 1. The van der Waals surface area contributed by atoms with Crippen molar-refractivity contribution >= 4 is 5.91 Å². The lowest BCUT2D eigenvalue weighted by Gasteiger charge is -2.30. The molecule has 26 heavy (non-hydrogen) atoms. The fourth-order valence-electron chi connectivity index (χ4n) is 3.66. The minimum atomic E-state index is -1.20. The Labute approximate surface area is 151 Å². The average molecular weight is 370 g/mol. The van der Waals surface area contributed by atoms with Gasteiger partial charge in [0.1, 0.15) is 0 Å². The van der Waals surface area contributed by atoms with E-state index in [1.165, 1.54) is 24.1 Å². The molecule has 2 fully saturated rings. The van der Waals surface area contributed by atoms with Crippen LogP contribution in [0.25, 0.3) is 0 Å². The largest absolute Gasteiger partial charge is 0.494 e. The maximum Gasteiger partial charge on any atom is 0.256 e. The quantitative estimate of drug-likeness (QED) is 0.838. The van der Waals surface area contributed by atoms with Crippen LogP contribution in [-0.4, -0.2) is 80.5 Å². The first-order valence-corrected chi connectivity index (χ1v) is 8.77. The lowest BCUT2D eigenvalue weighted by molar-refractivity contribution is 0.0264. The van der Waals surface area contributed by atoms with Gasteiger partial charge in [0, 0.05) is 45.2 Å². The number of benzene rings is 1. The summed E-state index contributed by atoms with van der Waals surface area (Å²) in [4.78, 5) is 16.4. The number of halogens is 2. The van der Waals surface area contributed by atoms with Crippen molar-refractivity contribution in [2.75, 3.05) is 59.7 Å². The highest BCUT2D eigenvalue weighted by atomic mass is 19.2. The Bertz CT molecular complexity index is 652. The van der Waals surface area contributed by atoms with E-state index in [-0.39, 0.29) is 29.8 Å². The van der Waals surface area contributed by atoms with Crippen LogP contribution in [0.15, 0.2) is 12.1 Å². The molecule has 0 spiro atoms. The molecule has 0 aromatic heterocycles. The molecule has 1 aromatic rings. The van der Waals surface area contributed by atoms with Crippen molar-refractivity contribution in [3.8, 4) is 5.75 Å². The third kappa shape index (κ3) is 3.82. The molecule has 1 N–H and O–H groups in total. The average Bonchev–Trinajstić information content (AvgIpc) is 3.07. The summed E-state index contributed by atoms with van der Waals surface area (Å²) in [5, 5.41) is 9.67. The second-order valence-electron chi connectivity index (χ2n) is 6.77. The molecule has 0 unspecified atom stereocenters. The Morgan fingerprint density at radius 3 is 2.58 bits per heavy atom. The van der Waals surface area contributed by atoms with E-state index in [2.05, 4.69) is 4.90 Å². The first kappa shape index (κ1) is 19.0. The second kappa shape index (κ2) is 8.28. The molecule has 0 saturated carbocycles.